The maximum Gasteiger partial charge on any atom is 0.261 e. The van der Waals surface area contributed by atoms with E-state index in [0.717, 1.165) is 31.6 Å². The molecule has 0 saturated carbocycles. The molecule has 5 nitrogen and oxygen atoms in total. The number of para-hydroxylation sites is 1. The van der Waals surface area contributed by atoms with Gasteiger partial charge in [0.2, 0.25) is 0 Å². The molecule has 1 heterocycles. The summed E-state index contributed by atoms with van der Waals surface area (Å²) in [5.74, 6) is 1.51. The van der Waals surface area contributed by atoms with Crippen molar-refractivity contribution in [2.45, 2.75) is 46.6 Å². The largest absolute Gasteiger partial charge is 0.494 e. The Morgan fingerprint density at radius 3 is 2.46 bits per heavy atom. The summed E-state index contributed by atoms with van der Waals surface area (Å²) < 4.78 is 7.25. The Hall–Kier alpha value is -1.30. The number of nitrogens with zero attached hydrogens (tertiary/aromatic N) is 2. The quantitative estimate of drug-likeness (QED) is 0.713. The number of halogens is 2. The van der Waals surface area contributed by atoms with Crippen molar-refractivity contribution in [3.8, 4) is 5.75 Å². The molecule has 0 spiro atoms. The highest BCUT2D eigenvalue weighted by Gasteiger charge is 2.18. The maximum absolute atomic E-state index is 13.0. The Balaban J connectivity index is 0.00000312. The van der Waals surface area contributed by atoms with E-state index in [1.54, 1.807) is 7.11 Å². The number of nitrogens with one attached hydrogen (secondary N) is 1. The third kappa shape index (κ3) is 6.15. The zero-order chi connectivity index (χ0) is 17.7. The SMILES string of the molecule is CNCCCCc1nc2c(OC)cccc2c(=O)n1CC(C)(C)C.Cl.Cl. The van der Waals surface area contributed by atoms with Crippen molar-refractivity contribution in [3.05, 3.63) is 34.4 Å². The van der Waals surface area contributed by atoms with Gasteiger partial charge in [-0.25, -0.2) is 4.98 Å². The first-order valence-electron chi connectivity index (χ1n) is 8.58. The van der Waals surface area contributed by atoms with E-state index in [0.29, 0.717) is 23.2 Å². The van der Waals surface area contributed by atoms with Gasteiger partial charge in [-0.15, -0.1) is 24.8 Å². The molecule has 2 aromatic rings. The van der Waals surface area contributed by atoms with Gasteiger partial charge in [-0.2, -0.15) is 0 Å². The molecule has 0 aliphatic heterocycles. The molecule has 1 N–H and O–H groups in total. The van der Waals surface area contributed by atoms with Crippen LogP contribution in [0.4, 0.5) is 0 Å². The molecule has 2 rings (SSSR count). The van der Waals surface area contributed by atoms with Gasteiger partial charge in [0.05, 0.1) is 12.5 Å². The number of aryl methyl sites for hydroxylation is 1. The molecule has 7 heteroatoms. The predicted molar refractivity (Wildman–Crippen MR) is 113 cm³/mol. The van der Waals surface area contributed by atoms with E-state index in [2.05, 4.69) is 26.1 Å². The van der Waals surface area contributed by atoms with Gasteiger partial charge >= 0.3 is 0 Å². The van der Waals surface area contributed by atoms with Gasteiger partial charge in [0.15, 0.2) is 0 Å². The Bertz CT molecular complexity index is 755. The Morgan fingerprint density at radius 2 is 1.88 bits per heavy atom. The van der Waals surface area contributed by atoms with E-state index in [1.807, 2.05) is 29.8 Å². The minimum atomic E-state index is 0. The van der Waals surface area contributed by atoms with Gasteiger partial charge in [0, 0.05) is 13.0 Å². The molecular formula is C19H31Cl2N3O2. The van der Waals surface area contributed by atoms with E-state index in [9.17, 15) is 4.79 Å². The standard InChI is InChI=1S/C19H29N3O2.2ClH/c1-19(2,3)13-22-16(11-6-7-12-20-4)21-17-14(18(22)23)9-8-10-15(17)24-5;;/h8-10,20H,6-7,11-13H2,1-5H3;2*1H. The zero-order valence-corrected chi connectivity index (χ0v) is 17.9. The van der Waals surface area contributed by atoms with Crippen LogP contribution in [-0.2, 0) is 13.0 Å². The molecule has 0 aliphatic rings. The highest BCUT2D eigenvalue weighted by atomic mass is 35.5. The molecule has 0 fully saturated rings. The van der Waals surface area contributed by atoms with Gasteiger partial charge in [-0.1, -0.05) is 26.8 Å². The van der Waals surface area contributed by atoms with Gasteiger partial charge in [-0.05, 0) is 44.0 Å². The van der Waals surface area contributed by atoms with Gasteiger partial charge in [0.25, 0.3) is 5.56 Å². The zero-order valence-electron chi connectivity index (χ0n) is 16.3. The summed E-state index contributed by atoms with van der Waals surface area (Å²) in [4.78, 5) is 17.8. The van der Waals surface area contributed by atoms with Crippen LogP contribution < -0.4 is 15.6 Å². The number of fused-ring (bicyclic) bond motifs is 1. The molecule has 0 radical (unpaired) electrons. The van der Waals surface area contributed by atoms with E-state index in [-0.39, 0.29) is 35.8 Å². The highest BCUT2D eigenvalue weighted by molar-refractivity contribution is 5.85. The van der Waals surface area contributed by atoms with Crippen LogP contribution in [0.25, 0.3) is 10.9 Å². The normalized spacial score (nSPS) is 11.0. The average molecular weight is 404 g/mol. The molecule has 1 aromatic heterocycles. The Labute approximate surface area is 168 Å². The van der Waals surface area contributed by atoms with Crippen LogP contribution in [0.2, 0.25) is 0 Å². The molecule has 26 heavy (non-hydrogen) atoms. The second-order valence-electron chi connectivity index (χ2n) is 7.40. The van der Waals surface area contributed by atoms with Crippen LogP contribution in [0, 0.1) is 5.41 Å². The van der Waals surface area contributed by atoms with Crippen molar-refractivity contribution in [2.24, 2.45) is 5.41 Å². The second kappa shape index (κ2) is 10.8. The van der Waals surface area contributed by atoms with Gasteiger partial charge < -0.3 is 10.1 Å². The molecule has 0 saturated heterocycles. The molecule has 148 valence electrons. The van der Waals surface area contributed by atoms with Crippen molar-refractivity contribution in [1.29, 1.82) is 0 Å². The number of hydrogen-bond acceptors (Lipinski definition) is 4. The summed E-state index contributed by atoms with van der Waals surface area (Å²) >= 11 is 0. The molecular weight excluding hydrogens is 373 g/mol. The molecule has 0 atom stereocenters. The lowest BCUT2D eigenvalue weighted by Crippen LogP contribution is -2.31. The van der Waals surface area contributed by atoms with Crippen LogP contribution in [0.15, 0.2) is 23.0 Å². The highest BCUT2D eigenvalue weighted by Crippen LogP contribution is 2.23. The summed E-state index contributed by atoms with van der Waals surface area (Å²) in [6, 6.07) is 5.53. The first kappa shape index (κ1) is 24.7. The Morgan fingerprint density at radius 1 is 1.19 bits per heavy atom. The fourth-order valence-electron chi connectivity index (χ4n) is 2.84. The molecule has 0 unspecified atom stereocenters. The topological polar surface area (TPSA) is 56.2 Å². The summed E-state index contributed by atoms with van der Waals surface area (Å²) in [5.41, 5.74) is 0.703. The number of hydrogen-bond donors (Lipinski definition) is 1. The van der Waals surface area contributed by atoms with Crippen LogP contribution in [0.1, 0.15) is 39.4 Å². The van der Waals surface area contributed by atoms with Crippen molar-refractivity contribution >= 4 is 35.7 Å². The fraction of sp³-hybridized carbons (Fsp3) is 0.579. The smallest absolute Gasteiger partial charge is 0.261 e. The number of ether oxygens (including phenoxy) is 1. The number of aromatic nitrogens is 2. The lowest BCUT2D eigenvalue weighted by Gasteiger charge is -2.23. The van der Waals surface area contributed by atoms with E-state index < -0.39 is 0 Å². The average Bonchev–Trinajstić information content (AvgIpc) is 2.53. The van der Waals surface area contributed by atoms with E-state index in [4.69, 9.17) is 9.72 Å². The number of benzene rings is 1. The van der Waals surface area contributed by atoms with Crippen molar-refractivity contribution < 1.29 is 4.74 Å². The first-order chi connectivity index (χ1) is 11.4. The third-order valence-electron chi connectivity index (χ3n) is 3.96. The Kier molecular flexibility index (Phi) is 10.2. The predicted octanol–water partition coefficient (Wildman–Crippen LogP) is 3.84. The van der Waals surface area contributed by atoms with Crippen molar-refractivity contribution in [2.75, 3.05) is 20.7 Å². The summed E-state index contributed by atoms with van der Waals surface area (Å²) in [5, 5.41) is 3.78. The number of unbranched alkanes of at least 4 members (excludes halogenated alkanes) is 1. The lowest BCUT2D eigenvalue weighted by molar-refractivity contribution is 0.330. The number of methoxy groups -OCH3 is 1. The lowest BCUT2D eigenvalue weighted by atomic mass is 9.96. The van der Waals surface area contributed by atoms with Crippen LogP contribution >= 0.6 is 24.8 Å². The number of rotatable bonds is 7. The minimum absolute atomic E-state index is 0. The molecule has 0 amide bonds. The maximum atomic E-state index is 13.0. The van der Waals surface area contributed by atoms with Gasteiger partial charge in [0.1, 0.15) is 17.1 Å². The molecule has 0 aliphatic carbocycles. The first-order valence-corrected chi connectivity index (χ1v) is 8.58. The van der Waals surface area contributed by atoms with Crippen molar-refractivity contribution in [1.82, 2.24) is 14.9 Å². The third-order valence-corrected chi connectivity index (χ3v) is 3.96. The van der Waals surface area contributed by atoms with E-state index in [1.165, 1.54) is 0 Å². The van der Waals surface area contributed by atoms with Crippen LogP contribution in [0.5, 0.6) is 5.75 Å². The minimum Gasteiger partial charge on any atom is -0.494 e. The molecule has 0 bridgehead atoms. The second-order valence-corrected chi connectivity index (χ2v) is 7.40. The van der Waals surface area contributed by atoms with E-state index >= 15 is 0 Å². The van der Waals surface area contributed by atoms with Crippen molar-refractivity contribution in [3.63, 3.8) is 0 Å². The molecule has 1 aromatic carbocycles. The van der Waals surface area contributed by atoms with Gasteiger partial charge in [-0.3, -0.25) is 9.36 Å². The summed E-state index contributed by atoms with van der Waals surface area (Å²) in [6.07, 6.45) is 2.85. The summed E-state index contributed by atoms with van der Waals surface area (Å²) in [6.45, 7) is 8.05. The summed E-state index contributed by atoms with van der Waals surface area (Å²) in [7, 11) is 3.57. The fourth-order valence-corrected chi connectivity index (χ4v) is 2.84. The van der Waals surface area contributed by atoms with Crippen LogP contribution in [-0.4, -0.2) is 30.3 Å². The van der Waals surface area contributed by atoms with Crippen LogP contribution in [0.3, 0.4) is 0 Å². The monoisotopic (exact) mass is 403 g/mol.